The quantitative estimate of drug-likeness (QED) is 0.245. The van der Waals surface area contributed by atoms with E-state index in [1.807, 2.05) is 0 Å². The van der Waals surface area contributed by atoms with Crippen molar-refractivity contribution < 1.29 is 27.4 Å². The highest BCUT2D eigenvalue weighted by atomic mass is 35.5. The first-order valence-corrected chi connectivity index (χ1v) is 13.5. The average Bonchev–Trinajstić information content (AvgIpc) is 2.89. The van der Waals surface area contributed by atoms with E-state index in [9.17, 15) is 13.2 Å². The molecule has 0 aliphatic heterocycles. The van der Waals surface area contributed by atoms with Crippen LogP contribution in [0.2, 0.25) is 15.1 Å². The number of halogens is 3. The lowest BCUT2D eigenvalue weighted by atomic mass is 10.2. The number of methoxy groups -OCH3 is 3. The summed E-state index contributed by atoms with van der Waals surface area (Å²) in [5.74, 6) is 0.500. The zero-order valence-corrected chi connectivity index (χ0v) is 23.7. The van der Waals surface area contributed by atoms with Crippen LogP contribution in [0.3, 0.4) is 0 Å². The molecule has 0 heterocycles. The molecule has 3 aromatic carbocycles. The highest BCUT2D eigenvalue weighted by Gasteiger charge is 2.28. The fourth-order valence-corrected chi connectivity index (χ4v) is 5.40. The normalized spacial score (nSPS) is 11.6. The smallest absolute Gasteiger partial charge is 0.255 e. The van der Waals surface area contributed by atoms with E-state index in [4.69, 9.17) is 49.0 Å². The number of hydrazone groups is 1. The number of rotatable bonds is 11. The summed E-state index contributed by atoms with van der Waals surface area (Å²) in [6.07, 6.45) is 1.35. The summed E-state index contributed by atoms with van der Waals surface area (Å²) in [6.45, 7) is -0.827. The molecule has 0 aromatic heterocycles. The Hall–Kier alpha value is -3.02. The fraction of sp³-hybridized carbons (Fsp3) is 0.200. The third-order valence-corrected chi connectivity index (χ3v) is 8.02. The van der Waals surface area contributed by atoms with Crippen LogP contribution in [0.1, 0.15) is 11.1 Å². The molecule has 1 N–H and O–H groups in total. The van der Waals surface area contributed by atoms with Crippen molar-refractivity contribution in [1.29, 1.82) is 0 Å². The van der Waals surface area contributed by atoms with Gasteiger partial charge in [0.25, 0.3) is 5.91 Å². The van der Waals surface area contributed by atoms with Crippen LogP contribution in [-0.2, 0) is 21.4 Å². The number of nitrogens with zero attached hydrogens (tertiary/aromatic N) is 2. The zero-order chi connectivity index (χ0) is 27.9. The van der Waals surface area contributed by atoms with Crippen LogP contribution in [0.15, 0.2) is 64.6 Å². The van der Waals surface area contributed by atoms with Crippen molar-refractivity contribution in [2.45, 2.75) is 11.4 Å². The van der Waals surface area contributed by atoms with Crippen molar-refractivity contribution in [2.24, 2.45) is 5.10 Å². The van der Waals surface area contributed by atoms with Crippen LogP contribution in [0.5, 0.6) is 17.2 Å². The molecule has 202 valence electrons. The van der Waals surface area contributed by atoms with Crippen molar-refractivity contribution >= 4 is 56.9 Å². The summed E-state index contributed by atoms with van der Waals surface area (Å²) in [6, 6.07) is 13.6. The van der Waals surface area contributed by atoms with E-state index in [2.05, 4.69) is 10.5 Å². The van der Waals surface area contributed by atoms with Crippen LogP contribution in [-0.4, -0.2) is 52.7 Å². The predicted octanol–water partition coefficient (Wildman–Crippen LogP) is 5.01. The average molecular weight is 601 g/mol. The van der Waals surface area contributed by atoms with E-state index in [1.54, 1.807) is 30.3 Å². The lowest BCUT2D eigenvalue weighted by Crippen LogP contribution is -2.39. The summed E-state index contributed by atoms with van der Waals surface area (Å²) in [5.41, 5.74) is 3.22. The van der Waals surface area contributed by atoms with Crippen LogP contribution >= 0.6 is 34.8 Å². The zero-order valence-electron chi connectivity index (χ0n) is 20.6. The molecule has 0 bridgehead atoms. The molecule has 13 heteroatoms. The molecule has 1 amide bonds. The van der Waals surface area contributed by atoms with Gasteiger partial charge in [0, 0.05) is 32.7 Å². The van der Waals surface area contributed by atoms with Crippen molar-refractivity contribution in [3.63, 3.8) is 0 Å². The SMILES string of the molecule is COc1cc(/C=N\NC(=O)CN(Cc2c(Cl)cccc2Cl)S(=O)(=O)c2ccc(Cl)cc2)cc(OC)c1OC. The molecular weight excluding hydrogens is 577 g/mol. The van der Waals surface area contributed by atoms with E-state index in [-0.39, 0.29) is 21.5 Å². The first-order chi connectivity index (χ1) is 18.1. The molecule has 0 saturated carbocycles. The summed E-state index contributed by atoms with van der Waals surface area (Å²) in [5, 5.41) is 4.82. The number of hydrogen-bond donors (Lipinski definition) is 1. The van der Waals surface area contributed by atoms with Gasteiger partial charge >= 0.3 is 0 Å². The maximum Gasteiger partial charge on any atom is 0.255 e. The standard InChI is InChI=1S/C25H24Cl3N3O6S/c1-35-22-11-16(12-23(36-2)25(22)37-3)13-29-30-24(32)15-31(14-19-20(27)5-4-6-21(19)28)38(33,34)18-9-7-17(26)8-10-18/h4-13H,14-15H2,1-3H3,(H,30,32)/b29-13-. The summed E-state index contributed by atoms with van der Waals surface area (Å²) < 4.78 is 43.7. The second kappa shape index (κ2) is 13.2. The van der Waals surface area contributed by atoms with Gasteiger partial charge in [0.05, 0.1) is 39.0 Å². The minimum atomic E-state index is -4.15. The fourth-order valence-electron chi connectivity index (χ4n) is 3.39. The molecule has 9 nitrogen and oxygen atoms in total. The lowest BCUT2D eigenvalue weighted by Gasteiger charge is -2.22. The van der Waals surface area contributed by atoms with E-state index >= 15 is 0 Å². The molecule has 0 aliphatic rings. The minimum Gasteiger partial charge on any atom is -0.493 e. The maximum atomic E-state index is 13.4. The van der Waals surface area contributed by atoms with Gasteiger partial charge in [-0.15, -0.1) is 0 Å². The van der Waals surface area contributed by atoms with Crippen molar-refractivity contribution in [1.82, 2.24) is 9.73 Å². The lowest BCUT2D eigenvalue weighted by molar-refractivity contribution is -0.121. The van der Waals surface area contributed by atoms with Gasteiger partial charge < -0.3 is 14.2 Å². The molecule has 0 spiro atoms. The van der Waals surface area contributed by atoms with Crippen molar-refractivity contribution in [3.05, 3.63) is 80.8 Å². The Labute approximate surface area is 235 Å². The summed E-state index contributed by atoms with van der Waals surface area (Å²) in [7, 11) is 0.277. The Bertz CT molecular complexity index is 1390. The van der Waals surface area contributed by atoms with Gasteiger partial charge in [-0.25, -0.2) is 13.8 Å². The van der Waals surface area contributed by atoms with Crippen molar-refractivity contribution in [2.75, 3.05) is 27.9 Å². The molecule has 0 saturated heterocycles. The van der Waals surface area contributed by atoms with Crippen LogP contribution in [0.4, 0.5) is 0 Å². The minimum absolute atomic E-state index is 0.0567. The third kappa shape index (κ3) is 7.09. The second-order valence-electron chi connectivity index (χ2n) is 7.68. The number of amides is 1. The van der Waals surface area contributed by atoms with Crippen LogP contribution in [0, 0.1) is 0 Å². The molecule has 0 fully saturated rings. The van der Waals surface area contributed by atoms with Crippen molar-refractivity contribution in [3.8, 4) is 17.2 Å². The molecule has 0 atom stereocenters. The summed E-state index contributed by atoms with van der Waals surface area (Å²) >= 11 is 18.5. The van der Waals surface area contributed by atoms with Crippen LogP contribution < -0.4 is 19.6 Å². The van der Waals surface area contributed by atoms with Gasteiger partial charge in [0.15, 0.2) is 11.5 Å². The Morgan fingerprint density at radius 3 is 2.05 bits per heavy atom. The van der Waals surface area contributed by atoms with E-state index < -0.39 is 22.5 Å². The van der Waals surface area contributed by atoms with E-state index in [1.165, 1.54) is 51.8 Å². The molecular formula is C25H24Cl3N3O6S. The Kier molecular flexibility index (Phi) is 10.2. The molecule has 0 radical (unpaired) electrons. The molecule has 0 unspecified atom stereocenters. The highest BCUT2D eigenvalue weighted by Crippen LogP contribution is 2.37. The Morgan fingerprint density at radius 2 is 1.53 bits per heavy atom. The maximum absolute atomic E-state index is 13.4. The van der Waals surface area contributed by atoms with E-state index in [0.29, 0.717) is 33.4 Å². The number of nitrogens with one attached hydrogen (secondary N) is 1. The number of carbonyl (C=O) groups excluding carboxylic acids is 1. The van der Waals surface area contributed by atoms with Gasteiger partial charge in [0.1, 0.15) is 0 Å². The third-order valence-electron chi connectivity index (χ3n) is 5.26. The second-order valence-corrected chi connectivity index (χ2v) is 10.9. The molecule has 3 aromatic rings. The van der Waals surface area contributed by atoms with E-state index in [0.717, 1.165) is 4.31 Å². The Balaban J connectivity index is 1.85. The number of hydrogen-bond acceptors (Lipinski definition) is 7. The number of benzene rings is 3. The van der Waals surface area contributed by atoms with Gasteiger partial charge in [-0.2, -0.15) is 9.41 Å². The molecule has 3 rings (SSSR count). The number of carbonyl (C=O) groups is 1. The van der Waals surface area contributed by atoms with Crippen LogP contribution in [0.25, 0.3) is 0 Å². The number of ether oxygens (including phenoxy) is 3. The number of sulfonamides is 1. The highest BCUT2D eigenvalue weighted by molar-refractivity contribution is 7.89. The molecule has 38 heavy (non-hydrogen) atoms. The predicted molar refractivity (Wildman–Crippen MR) is 147 cm³/mol. The van der Waals surface area contributed by atoms with Gasteiger partial charge in [-0.3, -0.25) is 4.79 Å². The van der Waals surface area contributed by atoms with Gasteiger partial charge in [0.2, 0.25) is 15.8 Å². The molecule has 0 aliphatic carbocycles. The summed E-state index contributed by atoms with van der Waals surface area (Å²) in [4.78, 5) is 12.7. The Morgan fingerprint density at radius 1 is 0.947 bits per heavy atom. The topological polar surface area (TPSA) is 107 Å². The largest absolute Gasteiger partial charge is 0.493 e. The first-order valence-electron chi connectivity index (χ1n) is 10.9. The monoisotopic (exact) mass is 599 g/mol. The van der Waals surface area contributed by atoms with Gasteiger partial charge in [-0.05, 0) is 48.5 Å². The van der Waals surface area contributed by atoms with Gasteiger partial charge in [-0.1, -0.05) is 40.9 Å². The first kappa shape index (κ1) is 29.5.